The van der Waals surface area contributed by atoms with Crippen LogP contribution in [0.1, 0.15) is 19.8 Å². The van der Waals surface area contributed by atoms with E-state index >= 15 is 0 Å². The van der Waals surface area contributed by atoms with Crippen molar-refractivity contribution in [3.05, 3.63) is 30.1 Å². The lowest BCUT2D eigenvalue weighted by Gasteiger charge is -2.39. The molecule has 0 aliphatic carbocycles. The summed E-state index contributed by atoms with van der Waals surface area (Å²) in [5.74, 6) is 1.48. The molecule has 2 unspecified atom stereocenters. The second kappa shape index (κ2) is 7.27. The summed E-state index contributed by atoms with van der Waals surface area (Å²) in [7, 11) is 0. The molecule has 2 rings (SSSR count). The molecule has 2 N–H and O–H groups in total. The second-order valence-electron chi connectivity index (χ2n) is 5.24. The monoisotopic (exact) mass is 282 g/mol. The Labute approximate surface area is 119 Å². The maximum absolute atomic E-state index is 13.5. The van der Waals surface area contributed by atoms with Crippen molar-refractivity contribution < 1.29 is 4.39 Å². The van der Waals surface area contributed by atoms with Gasteiger partial charge in [0.2, 0.25) is 0 Å². The van der Waals surface area contributed by atoms with Crippen LogP contribution in [0.4, 0.5) is 4.39 Å². The van der Waals surface area contributed by atoms with Crippen LogP contribution >= 0.6 is 11.8 Å². The van der Waals surface area contributed by atoms with E-state index in [1.165, 1.54) is 18.9 Å². The Balaban J connectivity index is 1.83. The SMILES string of the molecule is CC1CCCN(CCSc2ccccc2F)C1CN. The molecule has 0 saturated carbocycles. The molecular weight excluding hydrogens is 259 g/mol. The Kier molecular flexibility index (Phi) is 5.67. The Bertz CT molecular complexity index is 399. The Morgan fingerprint density at radius 2 is 2.21 bits per heavy atom. The average Bonchev–Trinajstić information content (AvgIpc) is 2.41. The molecule has 2 nitrogen and oxygen atoms in total. The van der Waals surface area contributed by atoms with Gasteiger partial charge in [0.1, 0.15) is 5.82 Å². The van der Waals surface area contributed by atoms with Gasteiger partial charge in [0.25, 0.3) is 0 Å². The van der Waals surface area contributed by atoms with Gasteiger partial charge in [-0.3, -0.25) is 4.90 Å². The average molecular weight is 282 g/mol. The summed E-state index contributed by atoms with van der Waals surface area (Å²) < 4.78 is 13.5. The third-order valence-corrected chi connectivity index (χ3v) is 4.97. The second-order valence-corrected chi connectivity index (χ2v) is 6.37. The maximum atomic E-state index is 13.5. The molecule has 1 aliphatic heterocycles. The van der Waals surface area contributed by atoms with E-state index in [0.717, 1.165) is 30.3 Å². The molecular formula is C15H23FN2S. The Morgan fingerprint density at radius 1 is 1.42 bits per heavy atom. The summed E-state index contributed by atoms with van der Waals surface area (Å²) in [6, 6.07) is 7.48. The number of likely N-dealkylation sites (tertiary alicyclic amines) is 1. The lowest BCUT2D eigenvalue weighted by atomic mass is 9.91. The summed E-state index contributed by atoms with van der Waals surface area (Å²) in [6.07, 6.45) is 2.53. The first-order valence-corrected chi connectivity index (χ1v) is 8.02. The minimum absolute atomic E-state index is 0.116. The predicted molar refractivity (Wildman–Crippen MR) is 79.9 cm³/mol. The summed E-state index contributed by atoms with van der Waals surface area (Å²) >= 11 is 1.60. The third-order valence-electron chi connectivity index (χ3n) is 3.94. The van der Waals surface area contributed by atoms with Gasteiger partial charge in [0.15, 0.2) is 0 Å². The molecule has 0 aromatic heterocycles. The minimum Gasteiger partial charge on any atom is -0.329 e. The van der Waals surface area contributed by atoms with Gasteiger partial charge in [0.05, 0.1) is 0 Å². The smallest absolute Gasteiger partial charge is 0.136 e. The first-order valence-electron chi connectivity index (χ1n) is 7.04. The highest BCUT2D eigenvalue weighted by atomic mass is 32.2. The van der Waals surface area contributed by atoms with Crippen molar-refractivity contribution in [1.29, 1.82) is 0 Å². The molecule has 1 aromatic rings. The van der Waals surface area contributed by atoms with Crippen LogP contribution in [0.15, 0.2) is 29.2 Å². The molecule has 106 valence electrons. The number of rotatable bonds is 5. The van der Waals surface area contributed by atoms with Gasteiger partial charge in [-0.1, -0.05) is 19.1 Å². The zero-order valence-electron chi connectivity index (χ0n) is 11.5. The first-order chi connectivity index (χ1) is 9.22. The highest BCUT2D eigenvalue weighted by molar-refractivity contribution is 7.99. The first kappa shape index (κ1) is 14.8. The van der Waals surface area contributed by atoms with Crippen LogP contribution in [0.5, 0.6) is 0 Å². The molecule has 1 heterocycles. The van der Waals surface area contributed by atoms with Gasteiger partial charge in [-0.25, -0.2) is 4.39 Å². The number of thioether (sulfide) groups is 1. The number of piperidine rings is 1. The number of halogens is 1. The third kappa shape index (κ3) is 3.94. The van der Waals surface area contributed by atoms with Crippen molar-refractivity contribution in [2.45, 2.75) is 30.7 Å². The zero-order valence-corrected chi connectivity index (χ0v) is 12.3. The van der Waals surface area contributed by atoms with E-state index in [1.807, 2.05) is 12.1 Å². The summed E-state index contributed by atoms with van der Waals surface area (Å²) in [6.45, 7) is 5.13. The lowest BCUT2D eigenvalue weighted by Crippen LogP contribution is -2.49. The number of nitrogens with two attached hydrogens (primary N) is 1. The molecule has 0 radical (unpaired) electrons. The van der Waals surface area contributed by atoms with Crippen molar-refractivity contribution in [3.63, 3.8) is 0 Å². The van der Waals surface area contributed by atoms with Crippen molar-refractivity contribution in [2.24, 2.45) is 11.7 Å². The number of nitrogens with zero attached hydrogens (tertiary/aromatic N) is 1. The van der Waals surface area contributed by atoms with Gasteiger partial charge in [-0.15, -0.1) is 11.8 Å². The number of benzene rings is 1. The van der Waals surface area contributed by atoms with Gasteiger partial charge in [0, 0.05) is 29.8 Å². The van der Waals surface area contributed by atoms with Gasteiger partial charge in [-0.2, -0.15) is 0 Å². The molecule has 0 amide bonds. The lowest BCUT2D eigenvalue weighted by molar-refractivity contribution is 0.114. The molecule has 0 bridgehead atoms. The zero-order chi connectivity index (χ0) is 13.7. The summed E-state index contributed by atoms with van der Waals surface area (Å²) in [4.78, 5) is 3.22. The van der Waals surface area contributed by atoms with Gasteiger partial charge >= 0.3 is 0 Å². The van der Waals surface area contributed by atoms with Crippen molar-refractivity contribution >= 4 is 11.8 Å². The maximum Gasteiger partial charge on any atom is 0.136 e. The molecule has 0 spiro atoms. The fraction of sp³-hybridized carbons (Fsp3) is 0.600. The van der Waals surface area contributed by atoms with Gasteiger partial charge < -0.3 is 5.73 Å². The van der Waals surface area contributed by atoms with E-state index in [-0.39, 0.29) is 5.82 Å². The van der Waals surface area contributed by atoms with Crippen molar-refractivity contribution in [2.75, 3.05) is 25.4 Å². The van der Waals surface area contributed by atoms with E-state index in [0.29, 0.717) is 12.0 Å². The van der Waals surface area contributed by atoms with E-state index in [2.05, 4.69) is 11.8 Å². The summed E-state index contributed by atoms with van der Waals surface area (Å²) in [5, 5.41) is 0. The molecule has 2 atom stereocenters. The number of hydrogen-bond acceptors (Lipinski definition) is 3. The highest BCUT2D eigenvalue weighted by Gasteiger charge is 2.26. The highest BCUT2D eigenvalue weighted by Crippen LogP contribution is 2.25. The van der Waals surface area contributed by atoms with Gasteiger partial charge in [-0.05, 0) is 37.4 Å². The Morgan fingerprint density at radius 3 is 2.95 bits per heavy atom. The van der Waals surface area contributed by atoms with Crippen LogP contribution in [0, 0.1) is 11.7 Å². The van der Waals surface area contributed by atoms with E-state index in [9.17, 15) is 4.39 Å². The van der Waals surface area contributed by atoms with Crippen molar-refractivity contribution in [3.8, 4) is 0 Å². The summed E-state index contributed by atoms with van der Waals surface area (Å²) in [5.41, 5.74) is 5.88. The topological polar surface area (TPSA) is 29.3 Å². The van der Waals surface area contributed by atoms with Crippen LogP contribution in [0.3, 0.4) is 0 Å². The molecule has 1 fully saturated rings. The quantitative estimate of drug-likeness (QED) is 0.842. The molecule has 19 heavy (non-hydrogen) atoms. The van der Waals surface area contributed by atoms with Crippen LogP contribution in [-0.2, 0) is 0 Å². The predicted octanol–water partition coefficient (Wildman–Crippen LogP) is 2.98. The normalized spacial score (nSPS) is 24.6. The van der Waals surface area contributed by atoms with Crippen LogP contribution in [0.2, 0.25) is 0 Å². The van der Waals surface area contributed by atoms with Crippen LogP contribution in [-0.4, -0.2) is 36.3 Å². The van der Waals surface area contributed by atoms with Crippen LogP contribution < -0.4 is 5.73 Å². The van der Waals surface area contributed by atoms with Crippen LogP contribution in [0.25, 0.3) is 0 Å². The van der Waals surface area contributed by atoms with E-state index in [4.69, 9.17) is 5.73 Å². The van der Waals surface area contributed by atoms with Crippen molar-refractivity contribution in [1.82, 2.24) is 4.90 Å². The minimum atomic E-state index is -0.116. The standard InChI is InChI=1S/C15H23FN2S/c1-12-5-4-8-18(14(12)11-17)9-10-19-15-7-3-2-6-13(15)16/h2-3,6-7,12,14H,4-5,8-11,17H2,1H3. The fourth-order valence-electron chi connectivity index (χ4n) is 2.83. The fourth-order valence-corrected chi connectivity index (χ4v) is 3.75. The van der Waals surface area contributed by atoms with E-state index < -0.39 is 0 Å². The molecule has 1 aromatic carbocycles. The van der Waals surface area contributed by atoms with E-state index in [1.54, 1.807) is 17.8 Å². The molecule has 1 aliphatic rings. The largest absolute Gasteiger partial charge is 0.329 e. The molecule has 4 heteroatoms. The molecule has 1 saturated heterocycles. The Hall–Kier alpha value is -0.580. The number of hydrogen-bond donors (Lipinski definition) is 1.